The average molecular weight is 248 g/mol. The number of pyridine rings is 1. The Bertz CT molecular complexity index is 647. The van der Waals surface area contributed by atoms with Crippen molar-refractivity contribution in [1.82, 2.24) is 9.61 Å². The van der Waals surface area contributed by atoms with Crippen LogP contribution in [0.15, 0.2) is 12.1 Å². The van der Waals surface area contributed by atoms with E-state index in [-0.39, 0.29) is 12.7 Å². The summed E-state index contributed by atoms with van der Waals surface area (Å²) in [5, 5.41) is 13.7. The zero-order valence-corrected chi connectivity index (χ0v) is 10.0. The summed E-state index contributed by atoms with van der Waals surface area (Å²) in [7, 11) is 1.53. The third-order valence-corrected chi connectivity index (χ3v) is 3.10. The minimum absolute atomic E-state index is 0.173. The van der Waals surface area contributed by atoms with Crippen LogP contribution in [0.5, 0.6) is 5.88 Å². The number of carbonyl (C=O) groups excluding carboxylic acids is 1. The summed E-state index contributed by atoms with van der Waals surface area (Å²) in [6.45, 7) is 1.59. The van der Waals surface area contributed by atoms with E-state index in [1.807, 2.05) is 0 Å². The number of rotatable bonds is 2. The Morgan fingerprint density at radius 2 is 2.33 bits per heavy atom. The van der Waals surface area contributed by atoms with Crippen molar-refractivity contribution in [2.75, 3.05) is 7.11 Å². The first-order valence-corrected chi connectivity index (χ1v) is 5.57. The van der Waals surface area contributed by atoms with Crippen molar-refractivity contribution < 1.29 is 19.4 Å². The summed E-state index contributed by atoms with van der Waals surface area (Å²) >= 11 is 0. The average Bonchev–Trinajstić information content (AvgIpc) is 2.88. The molecule has 6 heteroatoms. The molecular formula is C12H12N2O4. The van der Waals surface area contributed by atoms with Crippen LogP contribution in [-0.4, -0.2) is 27.8 Å². The van der Waals surface area contributed by atoms with Crippen molar-refractivity contribution in [2.45, 2.75) is 19.6 Å². The van der Waals surface area contributed by atoms with E-state index in [4.69, 9.17) is 9.47 Å². The fourth-order valence-electron chi connectivity index (χ4n) is 2.26. The minimum atomic E-state index is -0.407. The molecule has 0 spiro atoms. The number of fused-ring (bicyclic) bond motifs is 3. The van der Waals surface area contributed by atoms with Crippen LogP contribution < -0.4 is 4.74 Å². The SMILES string of the molecule is COc1ccc(CO)c2c3c(nn12)C(C)OC3=O. The first-order valence-electron chi connectivity index (χ1n) is 5.57. The molecule has 0 aliphatic carbocycles. The number of carbonyl (C=O) groups is 1. The summed E-state index contributed by atoms with van der Waals surface area (Å²) in [6, 6.07) is 3.42. The first-order chi connectivity index (χ1) is 8.67. The maximum atomic E-state index is 11.8. The van der Waals surface area contributed by atoms with Crippen molar-refractivity contribution in [3.63, 3.8) is 0 Å². The van der Waals surface area contributed by atoms with Crippen LogP contribution in [0, 0.1) is 0 Å². The van der Waals surface area contributed by atoms with Gasteiger partial charge in [0.2, 0.25) is 5.88 Å². The molecule has 0 fully saturated rings. The van der Waals surface area contributed by atoms with Crippen LogP contribution in [0.4, 0.5) is 0 Å². The monoisotopic (exact) mass is 248 g/mol. The van der Waals surface area contributed by atoms with Crippen molar-refractivity contribution in [3.05, 3.63) is 29.0 Å². The second kappa shape index (κ2) is 3.71. The lowest BCUT2D eigenvalue weighted by molar-refractivity contribution is 0.0415. The highest BCUT2D eigenvalue weighted by Gasteiger charge is 2.35. The van der Waals surface area contributed by atoms with Gasteiger partial charge < -0.3 is 14.6 Å². The maximum absolute atomic E-state index is 11.8. The predicted octanol–water partition coefficient (Wildman–Crippen LogP) is 1.07. The zero-order valence-electron chi connectivity index (χ0n) is 10.0. The molecule has 0 radical (unpaired) electrons. The molecule has 1 unspecified atom stereocenters. The summed E-state index contributed by atoms with van der Waals surface area (Å²) in [6.07, 6.45) is -0.372. The van der Waals surface area contributed by atoms with E-state index in [1.54, 1.807) is 19.1 Å². The minimum Gasteiger partial charge on any atom is -0.481 e. The van der Waals surface area contributed by atoms with Gasteiger partial charge in [0.05, 0.1) is 19.2 Å². The highest BCUT2D eigenvalue weighted by molar-refractivity contribution is 6.01. The topological polar surface area (TPSA) is 73.1 Å². The van der Waals surface area contributed by atoms with Gasteiger partial charge in [-0.25, -0.2) is 4.79 Å². The Hall–Kier alpha value is -2.08. The Balaban J connectivity index is 2.42. The number of hydrogen-bond donors (Lipinski definition) is 1. The number of esters is 1. The predicted molar refractivity (Wildman–Crippen MR) is 61.5 cm³/mol. The smallest absolute Gasteiger partial charge is 0.343 e. The number of cyclic esters (lactones) is 1. The molecule has 18 heavy (non-hydrogen) atoms. The molecule has 3 heterocycles. The fraction of sp³-hybridized carbons (Fsp3) is 0.333. The van der Waals surface area contributed by atoms with Crippen molar-refractivity contribution in [1.29, 1.82) is 0 Å². The van der Waals surface area contributed by atoms with Crippen LogP contribution in [0.3, 0.4) is 0 Å². The van der Waals surface area contributed by atoms with Gasteiger partial charge in [0.15, 0.2) is 0 Å². The molecule has 0 amide bonds. The highest BCUT2D eigenvalue weighted by atomic mass is 16.5. The third-order valence-electron chi connectivity index (χ3n) is 3.10. The van der Waals surface area contributed by atoms with E-state index in [1.165, 1.54) is 11.6 Å². The lowest BCUT2D eigenvalue weighted by Crippen LogP contribution is -2.04. The van der Waals surface area contributed by atoms with Gasteiger partial charge in [0, 0.05) is 11.6 Å². The molecule has 0 aromatic carbocycles. The maximum Gasteiger partial charge on any atom is 0.343 e. The van der Waals surface area contributed by atoms with Crippen molar-refractivity contribution >= 4 is 11.5 Å². The molecule has 2 aromatic heterocycles. The van der Waals surface area contributed by atoms with E-state index in [9.17, 15) is 9.90 Å². The highest BCUT2D eigenvalue weighted by Crippen LogP contribution is 2.35. The van der Waals surface area contributed by atoms with Gasteiger partial charge in [0.25, 0.3) is 0 Å². The zero-order chi connectivity index (χ0) is 12.9. The largest absolute Gasteiger partial charge is 0.481 e. The summed E-state index contributed by atoms with van der Waals surface area (Å²) in [5.74, 6) is 0.104. The van der Waals surface area contributed by atoms with Gasteiger partial charge >= 0.3 is 5.97 Å². The first kappa shape index (κ1) is 11.0. The Morgan fingerprint density at radius 3 is 3.00 bits per heavy atom. The molecule has 1 aliphatic heterocycles. The molecule has 0 saturated carbocycles. The summed E-state index contributed by atoms with van der Waals surface area (Å²) in [5.41, 5.74) is 2.18. The van der Waals surface area contributed by atoms with Crippen LogP contribution >= 0.6 is 0 Å². The number of hydrogen-bond acceptors (Lipinski definition) is 5. The molecular weight excluding hydrogens is 236 g/mol. The van der Waals surface area contributed by atoms with Gasteiger partial charge in [-0.2, -0.15) is 9.61 Å². The lowest BCUT2D eigenvalue weighted by atomic mass is 10.1. The molecule has 94 valence electrons. The third kappa shape index (κ3) is 1.26. The quantitative estimate of drug-likeness (QED) is 0.805. The lowest BCUT2D eigenvalue weighted by Gasteiger charge is -2.07. The van der Waals surface area contributed by atoms with Crippen LogP contribution in [0.2, 0.25) is 0 Å². The van der Waals surface area contributed by atoms with Gasteiger partial charge in [-0.3, -0.25) is 0 Å². The number of ether oxygens (including phenoxy) is 2. The van der Waals surface area contributed by atoms with E-state index in [0.29, 0.717) is 28.2 Å². The Kier molecular flexibility index (Phi) is 2.27. The molecule has 6 nitrogen and oxygen atoms in total. The Morgan fingerprint density at radius 1 is 1.56 bits per heavy atom. The molecule has 1 N–H and O–H groups in total. The van der Waals surface area contributed by atoms with Crippen LogP contribution in [-0.2, 0) is 11.3 Å². The van der Waals surface area contributed by atoms with Crippen LogP contribution in [0.1, 0.15) is 34.6 Å². The molecule has 1 atom stereocenters. The number of nitrogens with zero attached hydrogens (tertiary/aromatic N) is 2. The van der Waals surface area contributed by atoms with Gasteiger partial charge in [-0.05, 0) is 13.0 Å². The molecule has 2 aromatic rings. The van der Waals surface area contributed by atoms with Crippen molar-refractivity contribution in [2.24, 2.45) is 0 Å². The van der Waals surface area contributed by atoms with Crippen LogP contribution in [0.25, 0.3) is 5.52 Å². The number of aliphatic hydroxyl groups is 1. The Labute approximate surface area is 103 Å². The van der Waals surface area contributed by atoms with Gasteiger partial charge in [-0.15, -0.1) is 0 Å². The summed E-state index contributed by atoms with van der Waals surface area (Å²) < 4.78 is 11.9. The number of methoxy groups -OCH3 is 1. The fourth-order valence-corrected chi connectivity index (χ4v) is 2.26. The normalized spacial score (nSPS) is 17.9. The number of aromatic nitrogens is 2. The van der Waals surface area contributed by atoms with E-state index in [0.717, 1.165) is 0 Å². The van der Waals surface area contributed by atoms with E-state index >= 15 is 0 Å². The molecule has 0 bridgehead atoms. The second-order valence-electron chi connectivity index (χ2n) is 4.13. The number of aliphatic hydroxyl groups excluding tert-OH is 1. The van der Waals surface area contributed by atoms with Gasteiger partial charge in [-0.1, -0.05) is 0 Å². The molecule has 0 saturated heterocycles. The second-order valence-corrected chi connectivity index (χ2v) is 4.13. The molecule has 3 rings (SSSR count). The van der Waals surface area contributed by atoms with E-state index in [2.05, 4.69) is 5.10 Å². The van der Waals surface area contributed by atoms with Crippen molar-refractivity contribution in [3.8, 4) is 5.88 Å². The standard InChI is InChI=1S/C12H12N2O4/c1-6-10-9(12(16)18-6)11-7(5-15)3-4-8(17-2)14(11)13-10/h3-4,6,15H,5H2,1-2H3. The van der Waals surface area contributed by atoms with E-state index < -0.39 is 5.97 Å². The van der Waals surface area contributed by atoms with Gasteiger partial charge in [0.1, 0.15) is 17.4 Å². The molecule has 1 aliphatic rings. The summed E-state index contributed by atoms with van der Waals surface area (Å²) in [4.78, 5) is 11.8.